The van der Waals surface area contributed by atoms with Crippen LogP contribution in [0.1, 0.15) is 51.4 Å². The highest BCUT2D eigenvalue weighted by Crippen LogP contribution is 2.53. The lowest BCUT2D eigenvalue weighted by Crippen LogP contribution is -2.28. The maximum Gasteiger partial charge on any atom is 0.306 e. The zero-order valence-corrected chi connectivity index (χ0v) is 9.90. The molecule has 0 aromatic carbocycles. The lowest BCUT2D eigenvalue weighted by molar-refractivity contribution is -0.143. The maximum absolute atomic E-state index is 10.9. The Balaban J connectivity index is 1.56. The fraction of sp³-hybridized carbons (Fsp3) is 0.929. The van der Waals surface area contributed by atoms with Gasteiger partial charge in [0, 0.05) is 0 Å². The van der Waals surface area contributed by atoms with Crippen molar-refractivity contribution in [2.45, 2.75) is 51.4 Å². The summed E-state index contributed by atoms with van der Waals surface area (Å²) in [5, 5.41) is 9.00. The Bertz CT molecular complexity index is 278. The molecular weight excluding hydrogens is 200 g/mol. The molecule has 0 saturated heterocycles. The van der Waals surface area contributed by atoms with Crippen molar-refractivity contribution in [3.05, 3.63) is 0 Å². The molecule has 0 spiro atoms. The average molecular weight is 222 g/mol. The maximum atomic E-state index is 10.9. The molecule has 2 bridgehead atoms. The molecule has 90 valence electrons. The van der Waals surface area contributed by atoms with Gasteiger partial charge in [0.05, 0.1) is 5.92 Å². The second-order valence-corrected chi connectivity index (χ2v) is 6.29. The minimum absolute atomic E-state index is 0.0326. The van der Waals surface area contributed by atoms with Crippen molar-refractivity contribution >= 4 is 5.97 Å². The van der Waals surface area contributed by atoms with Gasteiger partial charge >= 0.3 is 5.97 Å². The molecule has 3 atom stereocenters. The monoisotopic (exact) mass is 222 g/mol. The number of rotatable bonds is 2. The summed E-state index contributed by atoms with van der Waals surface area (Å²) in [7, 11) is 0. The number of carboxylic acids is 1. The van der Waals surface area contributed by atoms with Gasteiger partial charge in [-0.05, 0) is 68.6 Å². The van der Waals surface area contributed by atoms with Crippen LogP contribution in [0.15, 0.2) is 0 Å². The Morgan fingerprint density at radius 1 is 0.875 bits per heavy atom. The van der Waals surface area contributed by atoms with E-state index in [2.05, 4.69) is 0 Å². The fourth-order valence-electron chi connectivity index (χ4n) is 4.67. The molecule has 0 aromatic heterocycles. The van der Waals surface area contributed by atoms with E-state index in [-0.39, 0.29) is 5.92 Å². The molecule has 0 amide bonds. The quantitative estimate of drug-likeness (QED) is 0.778. The number of aliphatic carboxylic acids is 1. The summed E-state index contributed by atoms with van der Waals surface area (Å²) in [4.78, 5) is 10.9. The van der Waals surface area contributed by atoms with Gasteiger partial charge in [-0.1, -0.05) is 6.42 Å². The van der Waals surface area contributed by atoms with Crippen LogP contribution in [0.3, 0.4) is 0 Å². The average Bonchev–Trinajstić information content (AvgIpc) is 2.91. The Hall–Kier alpha value is -0.530. The first-order valence-electron chi connectivity index (χ1n) is 6.97. The number of hydrogen-bond acceptors (Lipinski definition) is 1. The van der Waals surface area contributed by atoms with Gasteiger partial charge in [0.25, 0.3) is 0 Å². The van der Waals surface area contributed by atoms with Crippen LogP contribution in [-0.4, -0.2) is 11.1 Å². The van der Waals surface area contributed by atoms with E-state index < -0.39 is 5.97 Å². The van der Waals surface area contributed by atoms with Crippen molar-refractivity contribution < 1.29 is 9.90 Å². The Kier molecular flexibility index (Phi) is 2.68. The third-order valence-electron chi connectivity index (χ3n) is 5.52. The molecule has 0 aliphatic heterocycles. The van der Waals surface area contributed by atoms with Crippen molar-refractivity contribution in [2.75, 3.05) is 0 Å². The molecule has 0 radical (unpaired) electrons. The largest absolute Gasteiger partial charge is 0.481 e. The van der Waals surface area contributed by atoms with Crippen molar-refractivity contribution in [3.63, 3.8) is 0 Å². The molecule has 3 aliphatic carbocycles. The van der Waals surface area contributed by atoms with Gasteiger partial charge in [-0.2, -0.15) is 0 Å². The summed E-state index contributed by atoms with van der Waals surface area (Å²) < 4.78 is 0. The summed E-state index contributed by atoms with van der Waals surface area (Å²) in [6.07, 6.45) is 10.1. The first-order valence-corrected chi connectivity index (χ1v) is 6.97. The van der Waals surface area contributed by atoms with Crippen molar-refractivity contribution in [3.8, 4) is 0 Å². The summed E-state index contributed by atoms with van der Waals surface area (Å²) in [6.45, 7) is 0. The second kappa shape index (κ2) is 4.05. The van der Waals surface area contributed by atoms with Crippen LogP contribution in [-0.2, 0) is 4.79 Å². The molecule has 3 rings (SSSR count). The summed E-state index contributed by atoms with van der Waals surface area (Å²) in [5.74, 6) is 3.28. The Labute approximate surface area is 97.4 Å². The van der Waals surface area contributed by atoms with Gasteiger partial charge in [-0.25, -0.2) is 0 Å². The van der Waals surface area contributed by atoms with Crippen LogP contribution in [0.5, 0.6) is 0 Å². The number of fused-ring (bicyclic) bond motifs is 2. The topological polar surface area (TPSA) is 37.3 Å². The van der Waals surface area contributed by atoms with Crippen LogP contribution < -0.4 is 0 Å². The molecule has 16 heavy (non-hydrogen) atoms. The van der Waals surface area contributed by atoms with Crippen LogP contribution in [0.4, 0.5) is 0 Å². The number of carbonyl (C=O) groups is 1. The van der Waals surface area contributed by atoms with Crippen LogP contribution >= 0.6 is 0 Å². The minimum atomic E-state index is -0.564. The molecule has 2 heteroatoms. The van der Waals surface area contributed by atoms with Gasteiger partial charge < -0.3 is 5.11 Å². The summed E-state index contributed by atoms with van der Waals surface area (Å²) in [6, 6.07) is 0. The first kappa shape index (κ1) is 10.6. The fourth-order valence-corrected chi connectivity index (χ4v) is 4.67. The van der Waals surface area contributed by atoms with E-state index in [4.69, 9.17) is 5.11 Å². The molecule has 2 nitrogen and oxygen atoms in total. The molecule has 1 unspecified atom stereocenters. The molecule has 3 fully saturated rings. The molecule has 1 N–H and O–H groups in total. The van der Waals surface area contributed by atoms with E-state index in [1.807, 2.05) is 0 Å². The summed E-state index contributed by atoms with van der Waals surface area (Å²) >= 11 is 0. The SMILES string of the molecule is O=C(O)C1CCC([C@H]2C[C@@H]3CCC2C3)CC1. The normalized spacial score (nSPS) is 47.1. The highest BCUT2D eigenvalue weighted by molar-refractivity contribution is 5.69. The predicted octanol–water partition coefficient (Wildman–Crippen LogP) is 3.31. The standard InChI is InChI=1S/C14H22O2/c15-14(16)11-5-3-10(4-6-11)13-8-9-1-2-12(13)7-9/h9-13H,1-8H2,(H,15,16)/t9-,10?,11?,12?,13-/m1/s1. The predicted molar refractivity (Wildman–Crippen MR) is 62.0 cm³/mol. The zero-order chi connectivity index (χ0) is 11.1. The lowest BCUT2D eigenvalue weighted by Gasteiger charge is -2.35. The third kappa shape index (κ3) is 1.76. The number of hydrogen-bond donors (Lipinski definition) is 1. The summed E-state index contributed by atoms with van der Waals surface area (Å²) in [5.41, 5.74) is 0. The van der Waals surface area contributed by atoms with Gasteiger partial charge in [0.1, 0.15) is 0 Å². The van der Waals surface area contributed by atoms with Crippen molar-refractivity contribution in [2.24, 2.45) is 29.6 Å². The van der Waals surface area contributed by atoms with Gasteiger partial charge in [0.15, 0.2) is 0 Å². The molecule has 3 saturated carbocycles. The van der Waals surface area contributed by atoms with Crippen LogP contribution in [0.2, 0.25) is 0 Å². The Morgan fingerprint density at radius 2 is 1.56 bits per heavy atom. The number of carboxylic acid groups (broad SMARTS) is 1. The highest BCUT2D eigenvalue weighted by atomic mass is 16.4. The van der Waals surface area contributed by atoms with Crippen molar-refractivity contribution in [1.29, 1.82) is 0 Å². The lowest BCUT2D eigenvalue weighted by atomic mass is 9.70. The van der Waals surface area contributed by atoms with Gasteiger partial charge in [-0.3, -0.25) is 4.79 Å². The minimum Gasteiger partial charge on any atom is -0.481 e. The molecular formula is C14H22O2. The van der Waals surface area contributed by atoms with Crippen LogP contribution in [0.25, 0.3) is 0 Å². The Morgan fingerprint density at radius 3 is 2.06 bits per heavy atom. The van der Waals surface area contributed by atoms with Crippen LogP contribution in [0, 0.1) is 29.6 Å². The van der Waals surface area contributed by atoms with E-state index >= 15 is 0 Å². The van der Waals surface area contributed by atoms with Crippen molar-refractivity contribution in [1.82, 2.24) is 0 Å². The zero-order valence-electron chi connectivity index (χ0n) is 9.90. The van der Waals surface area contributed by atoms with E-state index in [1.54, 1.807) is 0 Å². The molecule has 3 aliphatic rings. The highest BCUT2D eigenvalue weighted by Gasteiger charge is 2.43. The first-order chi connectivity index (χ1) is 7.74. The molecule has 0 aromatic rings. The van der Waals surface area contributed by atoms with E-state index in [0.29, 0.717) is 0 Å². The smallest absolute Gasteiger partial charge is 0.306 e. The van der Waals surface area contributed by atoms with Gasteiger partial charge in [-0.15, -0.1) is 0 Å². The van der Waals surface area contributed by atoms with E-state index in [1.165, 1.54) is 38.5 Å². The van der Waals surface area contributed by atoms with E-state index in [0.717, 1.165) is 36.5 Å². The van der Waals surface area contributed by atoms with E-state index in [9.17, 15) is 4.79 Å². The third-order valence-corrected chi connectivity index (χ3v) is 5.52. The molecule has 0 heterocycles. The second-order valence-electron chi connectivity index (χ2n) is 6.29. The van der Waals surface area contributed by atoms with Gasteiger partial charge in [0.2, 0.25) is 0 Å².